The van der Waals surface area contributed by atoms with Crippen molar-refractivity contribution >= 4 is 0 Å². The van der Waals surface area contributed by atoms with Crippen molar-refractivity contribution in [2.45, 2.75) is 31.9 Å². The van der Waals surface area contributed by atoms with E-state index in [9.17, 15) is 10.1 Å². The van der Waals surface area contributed by atoms with Crippen LogP contribution < -0.4 is 9.47 Å². The first-order valence-corrected chi connectivity index (χ1v) is 8.22. The van der Waals surface area contributed by atoms with E-state index in [4.69, 9.17) is 9.47 Å². The lowest BCUT2D eigenvalue weighted by Crippen LogP contribution is -2.22. The predicted octanol–water partition coefficient (Wildman–Crippen LogP) is 4.43. The molecular formula is C20H23NO4. The fourth-order valence-corrected chi connectivity index (χ4v) is 2.56. The summed E-state index contributed by atoms with van der Waals surface area (Å²) in [6.45, 7) is 4.06. The second-order valence-electron chi connectivity index (χ2n) is 5.77. The van der Waals surface area contributed by atoms with E-state index in [2.05, 4.69) is 6.58 Å². The molecule has 2 aromatic rings. The van der Waals surface area contributed by atoms with Gasteiger partial charge in [0.25, 0.3) is 0 Å². The lowest BCUT2D eigenvalue weighted by Gasteiger charge is -2.13. The van der Waals surface area contributed by atoms with Gasteiger partial charge in [-0.05, 0) is 29.7 Å². The minimum atomic E-state index is -0.626. The van der Waals surface area contributed by atoms with Gasteiger partial charge >= 0.3 is 0 Å². The van der Waals surface area contributed by atoms with Crippen LogP contribution in [0, 0.1) is 10.1 Å². The average molecular weight is 341 g/mol. The highest BCUT2D eigenvalue weighted by Gasteiger charge is 2.20. The van der Waals surface area contributed by atoms with E-state index in [0.717, 1.165) is 11.1 Å². The lowest BCUT2D eigenvalue weighted by molar-refractivity contribution is -0.522. The van der Waals surface area contributed by atoms with Gasteiger partial charge in [0.2, 0.25) is 6.04 Å². The Morgan fingerprint density at radius 3 is 2.56 bits per heavy atom. The van der Waals surface area contributed by atoms with E-state index in [1.165, 1.54) is 0 Å². The molecule has 0 radical (unpaired) electrons. The minimum Gasteiger partial charge on any atom is -0.493 e. The van der Waals surface area contributed by atoms with Crippen LogP contribution in [0.1, 0.15) is 24.0 Å². The molecule has 1 unspecified atom stereocenters. The molecule has 5 heteroatoms. The number of nitro groups is 1. The first-order chi connectivity index (χ1) is 12.1. The Bertz CT molecular complexity index is 700. The summed E-state index contributed by atoms with van der Waals surface area (Å²) in [7, 11) is 1.57. The standard InChI is InChI=1S/C20H23NO4/c1-3-4-10-18(21(22)23)13-17-11-12-19(20(14-17)24-2)25-15-16-8-6-5-7-9-16/h3,5-9,11-12,14,18H,1,4,10,13,15H2,2H3. The molecule has 0 saturated heterocycles. The fraction of sp³-hybridized carbons (Fsp3) is 0.300. The summed E-state index contributed by atoms with van der Waals surface area (Å²) >= 11 is 0. The summed E-state index contributed by atoms with van der Waals surface area (Å²) in [4.78, 5) is 11.0. The van der Waals surface area contributed by atoms with E-state index >= 15 is 0 Å². The molecule has 0 aliphatic heterocycles. The summed E-state index contributed by atoms with van der Waals surface area (Å²) in [5.74, 6) is 1.21. The van der Waals surface area contributed by atoms with E-state index < -0.39 is 6.04 Å². The summed E-state index contributed by atoms with van der Waals surface area (Å²) in [5, 5.41) is 11.2. The lowest BCUT2D eigenvalue weighted by atomic mass is 10.0. The zero-order valence-corrected chi connectivity index (χ0v) is 14.4. The molecule has 0 fully saturated rings. The number of nitrogens with zero attached hydrogens (tertiary/aromatic N) is 1. The Morgan fingerprint density at radius 2 is 1.92 bits per heavy atom. The van der Waals surface area contributed by atoms with Crippen molar-refractivity contribution in [3.05, 3.63) is 82.4 Å². The molecule has 0 spiro atoms. The number of rotatable bonds is 10. The average Bonchev–Trinajstić information content (AvgIpc) is 2.64. The molecule has 132 valence electrons. The van der Waals surface area contributed by atoms with Gasteiger partial charge < -0.3 is 9.47 Å². The van der Waals surface area contributed by atoms with Gasteiger partial charge in [-0.3, -0.25) is 10.1 Å². The molecule has 0 N–H and O–H groups in total. The zero-order valence-electron chi connectivity index (χ0n) is 14.4. The Hall–Kier alpha value is -2.82. The van der Waals surface area contributed by atoms with Gasteiger partial charge in [0.1, 0.15) is 6.61 Å². The summed E-state index contributed by atoms with van der Waals surface area (Å²) in [6.07, 6.45) is 3.17. The third kappa shape index (κ3) is 5.64. The number of hydrogen-bond acceptors (Lipinski definition) is 4. The molecule has 25 heavy (non-hydrogen) atoms. The highest BCUT2D eigenvalue weighted by atomic mass is 16.6. The van der Waals surface area contributed by atoms with Gasteiger partial charge in [0, 0.05) is 17.8 Å². The van der Waals surface area contributed by atoms with Gasteiger partial charge in [-0.25, -0.2) is 0 Å². The molecule has 0 bridgehead atoms. The Morgan fingerprint density at radius 1 is 1.16 bits per heavy atom. The molecule has 0 saturated carbocycles. The molecule has 1 atom stereocenters. The zero-order chi connectivity index (χ0) is 18.1. The molecule has 0 aromatic heterocycles. The van der Waals surface area contributed by atoms with Crippen molar-refractivity contribution in [2.75, 3.05) is 7.11 Å². The van der Waals surface area contributed by atoms with Crippen molar-refractivity contribution < 1.29 is 14.4 Å². The van der Waals surface area contributed by atoms with Crippen LogP contribution in [0.4, 0.5) is 0 Å². The van der Waals surface area contributed by atoms with Crippen molar-refractivity contribution in [2.24, 2.45) is 0 Å². The first kappa shape index (κ1) is 18.5. The highest BCUT2D eigenvalue weighted by Crippen LogP contribution is 2.29. The molecule has 5 nitrogen and oxygen atoms in total. The monoisotopic (exact) mass is 341 g/mol. The quantitative estimate of drug-likeness (QED) is 0.364. The maximum Gasteiger partial charge on any atom is 0.217 e. The van der Waals surface area contributed by atoms with Crippen LogP contribution >= 0.6 is 0 Å². The van der Waals surface area contributed by atoms with Crippen LogP contribution in [0.5, 0.6) is 11.5 Å². The number of allylic oxidation sites excluding steroid dienone is 1. The number of hydrogen-bond donors (Lipinski definition) is 0. The van der Waals surface area contributed by atoms with E-state index in [-0.39, 0.29) is 4.92 Å². The summed E-state index contributed by atoms with van der Waals surface area (Å²) in [6, 6.07) is 14.7. The van der Waals surface area contributed by atoms with Crippen molar-refractivity contribution in [1.29, 1.82) is 0 Å². The number of methoxy groups -OCH3 is 1. The smallest absolute Gasteiger partial charge is 0.217 e. The highest BCUT2D eigenvalue weighted by molar-refractivity contribution is 5.43. The van der Waals surface area contributed by atoms with Gasteiger partial charge in [0.15, 0.2) is 11.5 Å². The fourth-order valence-electron chi connectivity index (χ4n) is 2.56. The van der Waals surface area contributed by atoms with Crippen molar-refractivity contribution in [1.82, 2.24) is 0 Å². The second-order valence-corrected chi connectivity index (χ2v) is 5.77. The maximum atomic E-state index is 11.2. The molecule has 2 aromatic carbocycles. The van der Waals surface area contributed by atoms with Crippen LogP contribution in [0.15, 0.2) is 61.2 Å². The molecule has 0 heterocycles. The van der Waals surface area contributed by atoms with E-state index in [0.29, 0.717) is 37.4 Å². The van der Waals surface area contributed by atoms with Gasteiger partial charge in [0.05, 0.1) is 7.11 Å². The SMILES string of the molecule is C=CCCC(Cc1ccc(OCc2ccccc2)c(OC)c1)[N+](=O)[O-]. The Kier molecular flexibility index (Phi) is 7.01. The van der Waals surface area contributed by atoms with Crippen LogP contribution in [-0.2, 0) is 13.0 Å². The van der Waals surface area contributed by atoms with Crippen molar-refractivity contribution in [3.63, 3.8) is 0 Å². The third-order valence-electron chi connectivity index (χ3n) is 3.94. The second kappa shape index (κ2) is 9.47. The van der Waals surface area contributed by atoms with Crippen LogP contribution in [0.2, 0.25) is 0 Å². The van der Waals surface area contributed by atoms with Crippen LogP contribution in [0.25, 0.3) is 0 Å². The predicted molar refractivity (Wildman–Crippen MR) is 97.7 cm³/mol. The molecule has 2 rings (SSSR count). The summed E-state index contributed by atoms with van der Waals surface area (Å²) in [5.41, 5.74) is 1.92. The molecular weight excluding hydrogens is 318 g/mol. The molecule has 0 aliphatic rings. The third-order valence-corrected chi connectivity index (χ3v) is 3.94. The van der Waals surface area contributed by atoms with E-state index in [1.807, 2.05) is 48.5 Å². The molecule has 0 amide bonds. The van der Waals surface area contributed by atoms with Gasteiger partial charge in [-0.1, -0.05) is 42.5 Å². The van der Waals surface area contributed by atoms with Gasteiger partial charge in [-0.15, -0.1) is 6.58 Å². The summed E-state index contributed by atoms with van der Waals surface area (Å²) < 4.78 is 11.2. The van der Waals surface area contributed by atoms with Gasteiger partial charge in [-0.2, -0.15) is 0 Å². The first-order valence-electron chi connectivity index (χ1n) is 8.22. The Labute approximate surface area is 148 Å². The topological polar surface area (TPSA) is 61.6 Å². The molecule has 0 aliphatic carbocycles. The Balaban J connectivity index is 2.07. The van der Waals surface area contributed by atoms with Crippen molar-refractivity contribution in [3.8, 4) is 11.5 Å². The number of ether oxygens (including phenoxy) is 2. The maximum absolute atomic E-state index is 11.2. The minimum absolute atomic E-state index is 0.226. The normalized spacial score (nSPS) is 11.6. The van der Waals surface area contributed by atoms with E-state index in [1.54, 1.807) is 13.2 Å². The van der Waals surface area contributed by atoms with Crippen LogP contribution in [-0.4, -0.2) is 18.1 Å². The van der Waals surface area contributed by atoms with Crippen LogP contribution in [0.3, 0.4) is 0 Å². The largest absolute Gasteiger partial charge is 0.493 e. The number of benzene rings is 2.